The third kappa shape index (κ3) is 4.75. The van der Waals surface area contributed by atoms with E-state index in [4.69, 9.17) is 9.47 Å². The zero-order valence-corrected chi connectivity index (χ0v) is 12.7. The van der Waals surface area contributed by atoms with Gasteiger partial charge in [-0.3, -0.25) is 4.79 Å². The Morgan fingerprint density at radius 3 is 3.04 bits per heavy atom. The highest BCUT2D eigenvalue weighted by molar-refractivity contribution is 5.75. The predicted molar refractivity (Wildman–Crippen MR) is 80.6 cm³/mol. The second-order valence-electron chi connectivity index (χ2n) is 5.28. The van der Waals surface area contributed by atoms with Crippen LogP contribution in [0.4, 0.5) is 0 Å². The van der Waals surface area contributed by atoms with E-state index in [9.17, 15) is 4.79 Å². The zero-order chi connectivity index (χ0) is 15.9. The second kappa shape index (κ2) is 7.68. The van der Waals surface area contributed by atoms with E-state index in [1.54, 1.807) is 0 Å². The molecule has 1 aliphatic rings. The number of nitrogens with one attached hydrogen (secondary N) is 1. The summed E-state index contributed by atoms with van der Waals surface area (Å²) in [4.78, 5) is 13.1. The molecule has 0 radical (unpaired) electrons. The molecule has 3 rings (SSSR count). The number of ether oxygens (including phenoxy) is 2. The summed E-state index contributed by atoms with van der Waals surface area (Å²) in [6.45, 7) is 1.54. The maximum absolute atomic E-state index is 11.8. The molecule has 0 saturated carbocycles. The van der Waals surface area contributed by atoms with Gasteiger partial charge in [-0.25, -0.2) is 0 Å². The molecule has 1 saturated heterocycles. The quantitative estimate of drug-likeness (QED) is 0.802. The number of nitrogens with zero attached hydrogens (tertiary/aromatic N) is 4. The first-order valence-electron chi connectivity index (χ1n) is 7.62. The van der Waals surface area contributed by atoms with Gasteiger partial charge in [-0.15, -0.1) is 10.2 Å². The molecule has 122 valence electrons. The van der Waals surface area contributed by atoms with Crippen molar-refractivity contribution in [2.45, 2.75) is 32.1 Å². The van der Waals surface area contributed by atoms with Crippen LogP contribution in [0.25, 0.3) is 0 Å². The zero-order valence-electron chi connectivity index (χ0n) is 12.7. The topological polar surface area (TPSA) is 91.2 Å². The Kier molecular flexibility index (Phi) is 5.15. The van der Waals surface area contributed by atoms with Gasteiger partial charge in [-0.2, -0.15) is 4.80 Å². The molecule has 2 aromatic rings. The molecule has 8 heteroatoms. The highest BCUT2D eigenvalue weighted by Gasteiger charge is 2.16. The van der Waals surface area contributed by atoms with Gasteiger partial charge in [0.05, 0.1) is 6.10 Å². The van der Waals surface area contributed by atoms with E-state index in [0.29, 0.717) is 12.4 Å². The monoisotopic (exact) mass is 317 g/mol. The summed E-state index contributed by atoms with van der Waals surface area (Å²) in [5.41, 5.74) is 0. The minimum Gasteiger partial charge on any atom is -0.485 e. The molecule has 1 atom stereocenters. The Morgan fingerprint density at radius 1 is 1.39 bits per heavy atom. The number of carbonyl (C=O) groups is 1. The van der Waals surface area contributed by atoms with Crippen molar-refractivity contribution < 1.29 is 14.3 Å². The van der Waals surface area contributed by atoms with Gasteiger partial charge in [0.2, 0.25) is 11.7 Å². The lowest BCUT2D eigenvalue weighted by Crippen LogP contribution is -2.34. The fraction of sp³-hybridized carbons (Fsp3) is 0.467. The molecule has 0 aliphatic carbocycles. The van der Waals surface area contributed by atoms with Crippen LogP contribution in [-0.4, -0.2) is 45.4 Å². The van der Waals surface area contributed by atoms with Crippen molar-refractivity contribution in [3.63, 3.8) is 0 Å². The fourth-order valence-electron chi connectivity index (χ4n) is 2.28. The standard InChI is InChI=1S/C15H19N5O3/c21-15(16-9-13-7-4-8-22-13)10-20-18-14(17-19-20)11-23-12-5-2-1-3-6-12/h1-3,5-6,13H,4,7-11H2,(H,16,21)/t13-/m1/s1. The lowest BCUT2D eigenvalue weighted by Gasteiger charge is -2.10. The van der Waals surface area contributed by atoms with Gasteiger partial charge in [0, 0.05) is 13.2 Å². The normalized spacial score (nSPS) is 17.1. The van der Waals surface area contributed by atoms with E-state index in [2.05, 4.69) is 20.7 Å². The van der Waals surface area contributed by atoms with Crippen LogP contribution in [0.1, 0.15) is 18.7 Å². The molecule has 0 unspecified atom stereocenters. The number of hydrogen-bond acceptors (Lipinski definition) is 6. The highest BCUT2D eigenvalue weighted by atomic mass is 16.5. The first-order chi connectivity index (χ1) is 11.3. The van der Waals surface area contributed by atoms with Crippen LogP contribution in [0.2, 0.25) is 0 Å². The molecule has 0 spiro atoms. The molecule has 1 amide bonds. The molecule has 1 aromatic heterocycles. The Morgan fingerprint density at radius 2 is 2.26 bits per heavy atom. The van der Waals surface area contributed by atoms with Crippen LogP contribution in [0.15, 0.2) is 30.3 Å². The van der Waals surface area contributed by atoms with Crippen LogP contribution in [-0.2, 0) is 22.7 Å². The Bertz CT molecular complexity index is 625. The number of aromatic nitrogens is 4. The Balaban J connectivity index is 1.42. The summed E-state index contributed by atoms with van der Waals surface area (Å²) in [5, 5.41) is 14.7. The molecule has 2 heterocycles. The third-order valence-corrected chi connectivity index (χ3v) is 3.44. The van der Waals surface area contributed by atoms with E-state index in [-0.39, 0.29) is 25.2 Å². The number of para-hydroxylation sites is 1. The minimum atomic E-state index is -0.159. The maximum atomic E-state index is 11.8. The van der Waals surface area contributed by atoms with E-state index in [0.717, 1.165) is 25.2 Å². The van der Waals surface area contributed by atoms with Crippen LogP contribution in [0, 0.1) is 0 Å². The van der Waals surface area contributed by atoms with Crippen molar-refractivity contribution in [1.29, 1.82) is 0 Å². The van der Waals surface area contributed by atoms with Crippen molar-refractivity contribution in [3.05, 3.63) is 36.2 Å². The van der Waals surface area contributed by atoms with E-state index in [1.807, 2.05) is 30.3 Å². The summed E-state index contributed by atoms with van der Waals surface area (Å²) in [5.74, 6) is 1.01. The molecule has 1 aromatic carbocycles. The number of hydrogen-bond donors (Lipinski definition) is 1. The van der Waals surface area contributed by atoms with Crippen molar-refractivity contribution >= 4 is 5.91 Å². The second-order valence-corrected chi connectivity index (χ2v) is 5.28. The van der Waals surface area contributed by atoms with Gasteiger partial charge in [0.1, 0.15) is 12.3 Å². The number of tetrazole rings is 1. The lowest BCUT2D eigenvalue weighted by molar-refractivity contribution is -0.122. The van der Waals surface area contributed by atoms with Gasteiger partial charge in [-0.05, 0) is 30.2 Å². The largest absolute Gasteiger partial charge is 0.485 e. The summed E-state index contributed by atoms with van der Waals surface area (Å²) < 4.78 is 11.0. The first kappa shape index (κ1) is 15.4. The molecule has 0 bridgehead atoms. The smallest absolute Gasteiger partial charge is 0.243 e. The highest BCUT2D eigenvalue weighted by Crippen LogP contribution is 2.10. The summed E-state index contributed by atoms with van der Waals surface area (Å²) in [6.07, 6.45) is 2.16. The van der Waals surface area contributed by atoms with E-state index in [1.165, 1.54) is 4.80 Å². The van der Waals surface area contributed by atoms with Crippen molar-refractivity contribution in [3.8, 4) is 5.75 Å². The molecule has 23 heavy (non-hydrogen) atoms. The minimum absolute atomic E-state index is 0.0328. The average Bonchev–Trinajstić information content (AvgIpc) is 3.24. The number of carbonyl (C=O) groups excluding carboxylic acids is 1. The van der Waals surface area contributed by atoms with Gasteiger partial charge in [0.25, 0.3) is 0 Å². The van der Waals surface area contributed by atoms with E-state index >= 15 is 0 Å². The molecule has 1 N–H and O–H groups in total. The maximum Gasteiger partial charge on any atom is 0.243 e. The van der Waals surface area contributed by atoms with Gasteiger partial charge in [-0.1, -0.05) is 18.2 Å². The van der Waals surface area contributed by atoms with Crippen molar-refractivity contribution in [1.82, 2.24) is 25.5 Å². The number of rotatable bonds is 7. The van der Waals surface area contributed by atoms with Crippen molar-refractivity contribution in [2.75, 3.05) is 13.2 Å². The Labute approximate surface area is 133 Å². The van der Waals surface area contributed by atoms with Gasteiger partial charge >= 0.3 is 0 Å². The fourth-order valence-corrected chi connectivity index (χ4v) is 2.28. The first-order valence-corrected chi connectivity index (χ1v) is 7.62. The third-order valence-electron chi connectivity index (χ3n) is 3.44. The summed E-state index contributed by atoms with van der Waals surface area (Å²) in [7, 11) is 0. The molecule has 1 fully saturated rings. The number of benzene rings is 1. The summed E-state index contributed by atoms with van der Waals surface area (Å²) in [6, 6.07) is 9.39. The molecule has 8 nitrogen and oxygen atoms in total. The predicted octanol–water partition coefficient (Wildman–Crippen LogP) is 0.547. The molecular weight excluding hydrogens is 298 g/mol. The number of amides is 1. The van der Waals surface area contributed by atoms with Crippen LogP contribution < -0.4 is 10.1 Å². The van der Waals surface area contributed by atoms with Crippen LogP contribution >= 0.6 is 0 Å². The average molecular weight is 317 g/mol. The van der Waals surface area contributed by atoms with Crippen LogP contribution in [0.3, 0.4) is 0 Å². The SMILES string of the molecule is O=C(Cn1nnc(COc2ccccc2)n1)NC[C@H]1CCCO1. The lowest BCUT2D eigenvalue weighted by atomic mass is 10.2. The van der Waals surface area contributed by atoms with Crippen molar-refractivity contribution in [2.24, 2.45) is 0 Å². The Hall–Kier alpha value is -2.48. The van der Waals surface area contributed by atoms with Gasteiger partial charge < -0.3 is 14.8 Å². The van der Waals surface area contributed by atoms with Crippen LogP contribution in [0.5, 0.6) is 5.75 Å². The molecular formula is C15H19N5O3. The molecule has 1 aliphatic heterocycles. The van der Waals surface area contributed by atoms with Gasteiger partial charge in [0.15, 0.2) is 6.61 Å². The van der Waals surface area contributed by atoms with E-state index < -0.39 is 0 Å². The summed E-state index contributed by atoms with van der Waals surface area (Å²) >= 11 is 0.